The molecule has 3 aromatic carbocycles. The summed E-state index contributed by atoms with van der Waals surface area (Å²) in [5, 5.41) is 10.7. The number of nitro benzene ring substituents is 1. The highest BCUT2D eigenvalue weighted by molar-refractivity contribution is 5.84. The summed E-state index contributed by atoms with van der Waals surface area (Å²) in [6.07, 6.45) is 2.36. The van der Waals surface area contributed by atoms with Gasteiger partial charge in [0.05, 0.1) is 24.4 Å². The minimum Gasteiger partial charge on any atom is -0.504 e. The van der Waals surface area contributed by atoms with E-state index in [0.29, 0.717) is 23.0 Å². The lowest BCUT2D eigenvalue weighted by Crippen LogP contribution is -2.05. The van der Waals surface area contributed by atoms with E-state index in [0.717, 1.165) is 6.08 Å². The molecule has 30 heavy (non-hydrogen) atoms. The van der Waals surface area contributed by atoms with Crippen molar-refractivity contribution in [2.45, 2.75) is 0 Å². The zero-order chi connectivity index (χ0) is 21.3. The van der Waals surface area contributed by atoms with Gasteiger partial charge in [0.15, 0.2) is 11.5 Å². The van der Waals surface area contributed by atoms with Crippen LogP contribution in [0, 0.1) is 10.1 Å². The van der Waals surface area contributed by atoms with Crippen molar-refractivity contribution in [2.75, 3.05) is 7.11 Å². The highest BCUT2D eigenvalue weighted by Crippen LogP contribution is 2.34. The van der Waals surface area contributed by atoms with Crippen molar-refractivity contribution in [3.8, 4) is 28.7 Å². The molecule has 152 valence electrons. The molecule has 0 bridgehead atoms. The molecule has 0 N–H and O–H groups in total. The molecule has 8 heteroatoms. The number of carbonyl (C=O) groups is 1. The fraction of sp³-hybridized carbons (Fsp3) is 0.0455. The quantitative estimate of drug-likeness (QED) is 0.126. The lowest BCUT2D eigenvalue weighted by molar-refractivity contribution is -0.384. The molecule has 3 aromatic rings. The van der Waals surface area contributed by atoms with Crippen LogP contribution in [0.1, 0.15) is 0 Å². The van der Waals surface area contributed by atoms with Crippen molar-refractivity contribution < 1.29 is 28.7 Å². The number of nitro groups is 1. The monoisotopic (exact) mass is 407 g/mol. The van der Waals surface area contributed by atoms with Crippen LogP contribution in [0.25, 0.3) is 0 Å². The second-order valence-corrected chi connectivity index (χ2v) is 5.84. The molecule has 3 rings (SSSR count). The molecule has 0 aromatic heterocycles. The lowest BCUT2D eigenvalue weighted by atomic mass is 10.3. The molecule has 0 amide bonds. The van der Waals surface area contributed by atoms with E-state index in [1.54, 1.807) is 48.5 Å². The molecular weight excluding hydrogens is 390 g/mol. The van der Waals surface area contributed by atoms with E-state index in [1.165, 1.54) is 37.6 Å². The Kier molecular flexibility index (Phi) is 6.63. The average molecular weight is 407 g/mol. The molecule has 0 heterocycles. The summed E-state index contributed by atoms with van der Waals surface area (Å²) in [6.45, 7) is 0. The Morgan fingerprint density at radius 3 is 2.20 bits per heavy atom. The number of esters is 1. The third-order valence-electron chi connectivity index (χ3n) is 3.72. The highest BCUT2D eigenvalue weighted by Gasteiger charge is 2.10. The molecule has 8 nitrogen and oxygen atoms in total. The smallest absolute Gasteiger partial charge is 0.339 e. The first-order valence-corrected chi connectivity index (χ1v) is 8.75. The van der Waals surface area contributed by atoms with E-state index in [2.05, 4.69) is 0 Å². The van der Waals surface area contributed by atoms with E-state index in [-0.39, 0.29) is 11.4 Å². The number of nitrogens with zero attached hydrogens (tertiary/aromatic N) is 1. The summed E-state index contributed by atoms with van der Waals surface area (Å²) in [5.74, 6) is 1.33. The topological polar surface area (TPSA) is 97.1 Å². The van der Waals surface area contributed by atoms with E-state index in [4.69, 9.17) is 18.9 Å². The van der Waals surface area contributed by atoms with Crippen molar-refractivity contribution in [1.82, 2.24) is 0 Å². The van der Waals surface area contributed by atoms with Crippen LogP contribution in [-0.4, -0.2) is 18.0 Å². The SMILES string of the molecule is CO/C=C/C(=O)Oc1ccccc1Oc1cccc(Oc2ccc([N+](=O)[O-])cc2)c1. The van der Waals surface area contributed by atoms with Gasteiger partial charge >= 0.3 is 5.97 Å². The van der Waals surface area contributed by atoms with Gasteiger partial charge in [-0.15, -0.1) is 0 Å². The minimum absolute atomic E-state index is 0.0223. The summed E-state index contributed by atoms with van der Waals surface area (Å²) in [6, 6.07) is 19.3. The van der Waals surface area contributed by atoms with E-state index in [1.807, 2.05) is 0 Å². The number of hydrogen-bond acceptors (Lipinski definition) is 7. The van der Waals surface area contributed by atoms with Crippen LogP contribution in [-0.2, 0) is 9.53 Å². The van der Waals surface area contributed by atoms with Gasteiger partial charge in [-0.2, -0.15) is 0 Å². The highest BCUT2D eigenvalue weighted by atomic mass is 16.6. The van der Waals surface area contributed by atoms with Gasteiger partial charge < -0.3 is 18.9 Å². The van der Waals surface area contributed by atoms with Gasteiger partial charge in [0, 0.05) is 18.2 Å². The first-order valence-electron chi connectivity index (χ1n) is 8.75. The Morgan fingerprint density at radius 1 is 0.867 bits per heavy atom. The Balaban J connectivity index is 1.73. The van der Waals surface area contributed by atoms with Crippen LogP contribution in [0.2, 0.25) is 0 Å². The van der Waals surface area contributed by atoms with Gasteiger partial charge in [0.25, 0.3) is 5.69 Å². The molecule has 0 aliphatic rings. The first kappa shape index (κ1) is 20.4. The zero-order valence-corrected chi connectivity index (χ0v) is 15.9. The lowest BCUT2D eigenvalue weighted by Gasteiger charge is -2.12. The van der Waals surface area contributed by atoms with Gasteiger partial charge in [-0.25, -0.2) is 4.79 Å². The number of benzene rings is 3. The molecule has 0 aliphatic carbocycles. The third-order valence-corrected chi connectivity index (χ3v) is 3.72. The fourth-order valence-corrected chi connectivity index (χ4v) is 2.38. The van der Waals surface area contributed by atoms with E-state index < -0.39 is 10.9 Å². The van der Waals surface area contributed by atoms with Crippen LogP contribution in [0.5, 0.6) is 28.7 Å². The van der Waals surface area contributed by atoms with E-state index >= 15 is 0 Å². The van der Waals surface area contributed by atoms with Gasteiger partial charge in [-0.3, -0.25) is 10.1 Å². The molecule has 0 radical (unpaired) electrons. The predicted molar refractivity (Wildman–Crippen MR) is 108 cm³/mol. The fourth-order valence-electron chi connectivity index (χ4n) is 2.38. The Bertz CT molecular complexity index is 1060. The number of methoxy groups -OCH3 is 1. The van der Waals surface area contributed by atoms with Gasteiger partial charge in [0.2, 0.25) is 0 Å². The minimum atomic E-state index is -0.608. The molecule has 0 atom stereocenters. The Morgan fingerprint density at radius 2 is 1.53 bits per heavy atom. The number of non-ortho nitro benzene ring substituents is 1. The molecule has 0 fully saturated rings. The molecule has 0 saturated heterocycles. The number of ether oxygens (including phenoxy) is 4. The number of para-hydroxylation sites is 2. The van der Waals surface area contributed by atoms with Gasteiger partial charge in [-0.05, 0) is 36.4 Å². The summed E-state index contributed by atoms with van der Waals surface area (Å²) in [4.78, 5) is 22.1. The molecule has 0 saturated carbocycles. The van der Waals surface area contributed by atoms with Crippen molar-refractivity contribution in [3.63, 3.8) is 0 Å². The summed E-state index contributed by atoms with van der Waals surface area (Å²) < 4.78 is 21.5. The first-order chi connectivity index (χ1) is 14.5. The molecule has 0 aliphatic heterocycles. The molecular formula is C22H17NO7. The second kappa shape index (κ2) is 9.74. The average Bonchev–Trinajstić information content (AvgIpc) is 2.74. The van der Waals surface area contributed by atoms with Crippen molar-refractivity contribution in [3.05, 3.63) is 95.2 Å². The Hall–Kier alpha value is -4.33. The van der Waals surface area contributed by atoms with Crippen LogP contribution in [0.4, 0.5) is 5.69 Å². The predicted octanol–water partition coefficient (Wildman–Crippen LogP) is 5.24. The standard InChI is InChI=1S/C22H17NO7/c1-27-14-13-22(24)30-21-8-3-2-7-20(21)29-19-6-4-5-18(15-19)28-17-11-9-16(10-12-17)23(25)26/h2-15H,1H3/b14-13+. The molecule has 0 unspecified atom stereocenters. The van der Waals surface area contributed by atoms with Crippen molar-refractivity contribution in [1.29, 1.82) is 0 Å². The third kappa shape index (κ3) is 5.59. The summed E-state index contributed by atoms with van der Waals surface area (Å²) in [7, 11) is 1.42. The van der Waals surface area contributed by atoms with E-state index in [9.17, 15) is 14.9 Å². The molecule has 0 spiro atoms. The summed E-state index contributed by atoms with van der Waals surface area (Å²) in [5.41, 5.74) is -0.0223. The van der Waals surface area contributed by atoms with Crippen LogP contribution in [0.15, 0.2) is 85.1 Å². The van der Waals surface area contributed by atoms with Gasteiger partial charge in [0.1, 0.15) is 17.2 Å². The van der Waals surface area contributed by atoms with Crippen molar-refractivity contribution >= 4 is 11.7 Å². The van der Waals surface area contributed by atoms with Crippen LogP contribution >= 0.6 is 0 Å². The van der Waals surface area contributed by atoms with Gasteiger partial charge in [-0.1, -0.05) is 18.2 Å². The van der Waals surface area contributed by atoms with Crippen LogP contribution < -0.4 is 14.2 Å². The maximum absolute atomic E-state index is 11.8. The number of rotatable bonds is 8. The largest absolute Gasteiger partial charge is 0.504 e. The van der Waals surface area contributed by atoms with Crippen LogP contribution in [0.3, 0.4) is 0 Å². The zero-order valence-electron chi connectivity index (χ0n) is 15.9. The number of hydrogen-bond donors (Lipinski definition) is 0. The van der Waals surface area contributed by atoms with Crippen molar-refractivity contribution in [2.24, 2.45) is 0 Å². The normalized spacial score (nSPS) is 10.4. The Labute approximate surface area is 172 Å². The maximum Gasteiger partial charge on any atom is 0.339 e. The summed E-state index contributed by atoms with van der Waals surface area (Å²) >= 11 is 0. The second-order valence-electron chi connectivity index (χ2n) is 5.84. The maximum atomic E-state index is 11.8. The number of carbonyl (C=O) groups excluding carboxylic acids is 1.